The zero-order chi connectivity index (χ0) is 21.9. The van der Waals surface area contributed by atoms with Crippen LogP contribution in [-0.4, -0.2) is 49.2 Å². The van der Waals surface area contributed by atoms with E-state index in [-0.39, 0.29) is 12.5 Å². The number of hydrogen-bond acceptors (Lipinski definition) is 6. The first-order valence-corrected chi connectivity index (χ1v) is 11.3. The van der Waals surface area contributed by atoms with Crippen molar-refractivity contribution in [3.8, 4) is 11.4 Å². The van der Waals surface area contributed by atoms with E-state index >= 15 is 0 Å². The van der Waals surface area contributed by atoms with Gasteiger partial charge < -0.3 is 9.42 Å². The molecular weight excluding hydrogens is 428 g/mol. The molecule has 3 aromatic rings. The summed E-state index contributed by atoms with van der Waals surface area (Å²) >= 11 is 5.88. The molecule has 0 aliphatic carbocycles. The molecule has 0 saturated heterocycles. The van der Waals surface area contributed by atoms with Crippen molar-refractivity contribution in [3.63, 3.8) is 0 Å². The van der Waals surface area contributed by atoms with Gasteiger partial charge in [0.1, 0.15) is 0 Å². The van der Waals surface area contributed by atoms with Gasteiger partial charge in [-0.1, -0.05) is 16.8 Å². The molecule has 0 aliphatic heterocycles. The lowest BCUT2D eigenvalue weighted by molar-refractivity contribution is 0.0769. The first kappa shape index (κ1) is 21.8. The second-order valence-corrected chi connectivity index (χ2v) is 9.00. The fourth-order valence-corrected chi connectivity index (χ4v) is 4.01. The van der Waals surface area contributed by atoms with Gasteiger partial charge in [0.2, 0.25) is 21.7 Å². The van der Waals surface area contributed by atoms with Crippen LogP contribution in [0.1, 0.15) is 23.2 Å². The normalized spacial score (nSPS) is 11.3. The van der Waals surface area contributed by atoms with Crippen LogP contribution in [0.25, 0.3) is 11.4 Å². The summed E-state index contributed by atoms with van der Waals surface area (Å²) in [5, 5.41) is 4.54. The van der Waals surface area contributed by atoms with Gasteiger partial charge in [0, 0.05) is 29.7 Å². The van der Waals surface area contributed by atoms with Gasteiger partial charge in [-0.15, -0.1) is 0 Å². The Bertz CT molecular complexity index is 1130. The Hall–Kier alpha value is -2.91. The molecule has 1 amide bonds. The van der Waals surface area contributed by atoms with Crippen molar-refractivity contribution in [1.29, 1.82) is 0 Å². The highest BCUT2D eigenvalue weighted by molar-refractivity contribution is 7.92. The first-order valence-electron chi connectivity index (χ1n) is 9.11. The molecule has 0 aliphatic rings. The van der Waals surface area contributed by atoms with Crippen molar-refractivity contribution >= 4 is 33.2 Å². The second kappa shape index (κ2) is 8.85. The van der Waals surface area contributed by atoms with E-state index in [9.17, 15) is 13.2 Å². The van der Waals surface area contributed by atoms with Gasteiger partial charge in [-0.05, 0) is 55.5 Å². The average Bonchev–Trinajstić information content (AvgIpc) is 3.16. The molecule has 2 aromatic carbocycles. The van der Waals surface area contributed by atoms with Gasteiger partial charge in [-0.25, -0.2) is 8.42 Å². The number of anilines is 1. The van der Waals surface area contributed by atoms with Crippen LogP contribution in [0.2, 0.25) is 5.02 Å². The molecule has 0 fully saturated rings. The summed E-state index contributed by atoms with van der Waals surface area (Å²) in [4.78, 5) is 18.5. The van der Waals surface area contributed by atoms with Crippen LogP contribution >= 0.6 is 11.6 Å². The molecule has 8 nitrogen and oxygen atoms in total. The van der Waals surface area contributed by atoms with E-state index in [2.05, 4.69) is 10.1 Å². The summed E-state index contributed by atoms with van der Waals surface area (Å²) in [6.07, 6.45) is 1.14. The van der Waals surface area contributed by atoms with Crippen LogP contribution < -0.4 is 4.31 Å². The lowest BCUT2D eigenvalue weighted by Gasteiger charge is -2.21. The van der Waals surface area contributed by atoms with Gasteiger partial charge in [-0.2, -0.15) is 4.98 Å². The smallest absolute Gasteiger partial charge is 0.254 e. The maximum Gasteiger partial charge on any atom is 0.254 e. The summed E-state index contributed by atoms with van der Waals surface area (Å²) < 4.78 is 30.2. The number of hydrogen-bond donors (Lipinski definition) is 0. The van der Waals surface area contributed by atoms with Crippen molar-refractivity contribution in [2.75, 3.05) is 24.2 Å². The summed E-state index contributed by atoms with van der Waals surface area (Å²) in [6.45, 7) is 2.18. The zero-order valence-corrected chi connectivity index (χ0v) is 18.3. The minimum atomic E-state index is -3.38. The number of carbonyl (C=O) groups excluding carboxylic acids is 1. The van der Waals surface area contributed by atoms with Crippen LogP contribution in [-0.2, 0) is 16.6 Å². The Morgan fingerprint density at radius 1 is 1.10 bits per heavy atom. The van der Waals surface area contributed by atoms with E-state index in [1.54, 1.807) is 62.5 Å². The molecule has 10 heteroatoms. The SMILES string of the molecule is CCN(c1ccc(C(=O)N(C)Cc2nc(-c3ccc(Cl)cc3)no2)cc1)S(C)(=O)=O. The maximum atomic E-state index is 12.7. The third-order valence-corrected chi connectivity index (χ3v) is 5.90. The summed E-state index contributed by atoms with van der Waals surface area (Å²) in [5.41, 5.74) is 1.68. The highest BCUT2D eigenvalue weighted by Crippen LogP contribution is 2.21. The standard InChI is InChI=1S/C20H21ClN4O4S/c1-4-25(30(3,27)28)17-11-7-15(8-12-17)20(26)24(2)13-18-22-19(23-29-18)14-5-9-16(21)10-6-14/h5-12H,4,13H2,1-3H3. The van der Waals surface area contributed by atoms with Crippen molar-refractivity contribution in [1.82, 2.24) is 15.0 Å². The number of benzene rings is 2. The Morgan fingerprint density at radius 2 is 1.73 bits per heavy atom. The number of rotatable bonds is 7. The molecule has 0 radical (unpaired) electrons. The molecule has 3 rings (SSSR count). The number of aromatic nitrogens is 2. The predicted molar refractivity (Wildman–Crippen MR) is 115 cm³/mol. The second-order valence-electron chi connectivity index (χ2n) is 6.65. The molecule has 0 saturated carbocycles. The predicted octanol–water partition coefficient (Wildman–Crippen LogP) is 3.45. The van der Waals surface area contributed by atoms with Crippen molar-refractivity contribution in [2.45, 2.75) is 13.5 Å². The minimum absolute atomic E-state index is 0.131. The van der Waals surface area contributed by atoms with Crippen LogP contribution in [0.15, 0.2) is 53.1 Å². The monoisotopic (exact) mass is 448 g/mol. The number of amides is 1. The summed E-state index contributed by atoms with van der Waals surface area (Å²) in [6, 6.07) is 13.4. The van der Waals surface area contributed by atoms with E-state index in [0.29, 0.717) is 34.5 Å². The first-order chi connectivity index (χ1) is 14.2. The van der Waals surface area contributed by atoms with Gasteiger partial charge >= 0.3 is 0 Å². The van der Waals surface area contributed by atoms with Crippen LogP contribution in [0.4, 0.5) is 5.69 Å². The molecule has 30 heavy (non-hydrogen) atoms. The molecule has 0 atom stereocenters. The number of halogens is 1. The Labute approximate surface area is 180 Å². The van der Waals surface area contributed by atoms with Gasteiger partial charge in [-0.3, -0.25) is 9.10 Å². The van der Waals surface area contributed by atoms with Gasteiger partial charge in [0.05, 0.1) is 18.5 Å². The molecule has 158 valence electrons. The molecular formula is C20H21ClN4O4S. The number of sulfonamides is 1. The summed E-state index contributed by atoms with van der Waals surface area (Å²) in [7, 11) is -1.76. The fraction of sp³-hybridized carbons (Fsp3) is 0.250. The van der Waals surface area contributed by atoms with Gasteiger partial charge in [0.25, 0.3) is 5.91 Å². The molecule has 0 bridgehead atoms. The maximum absolute atomic E-state index is 12.7. The van der Waals surface area contributed by atoms with E-state index < -0.39 is 10.0 Å². The molecule has 0 spiro atoms. The quantitative estimate of drug-likeness (QED) is 0.549. The number of carbonyl (C=O) groups is 1. The molecule has 1 heterocycles. The van der Waals surface area contributed by atoms with E-state index in [1.165, 1.54) is 9.21 Å². The highest BCUT2D eigenvalue weighted by Gasteiger charge is 2.18. The van der Waals surface area contributed by atoms with Crippen LogP contribution in [0, 0.1) is 0 Å². The zero-order valence-electron chi connectivity index (χ0n) is 16.7. The largest absolute Gasteiger partial charge is 0.337 e. The van der Waals surface area contributed by atoms with Crippen molar-refractivity contribution < 1.29 is 17.7 Å². The van der Waals surface area contributed by atoms with Crippen LogP contribution in [0.3, 0.4) is 0 Å². The van der Waals surface area contributed by atoms with Gasteiger partial charge in [0.15, 0.2) is 0 Å². The minimum Gasteiger partial charge on any atom is -0.337 e. The molecule has 1 aromatic heterocycles. The molecule has 0 unspecified atom stereocenters. The van der Waals surface area contributed by atoms with Crippen LogP contribution in [0.5, 0.6) is 0 Å². The molecule has 0 N–H and O–H groups in total. The number of nitrogens with zero attached hydrogens (tertiary/aromatic N) is 4. The average molecular weight is 449 g/mol. The third kappa shape index (κ3) is 4.98. The Morgan fingerprint density at radius 3 is 2.30 bits per heavy atom. The Kier molecular flexibility index (Phi) is 6.42. The van der Waals surface area contributed by atoms with E-state index in [0.717, 1.165) is 11.8 Å². The highest BCUT2D eigenvalue weighted by atomic mass is 35.5. The van der Waals surface area contributed by atoms with E-state index in [4.69, 9.17) is 16.1 Å². The topological polar surface area (TPSA) is 96.6 Å². The van der Waals surface area contributed by atoms with Crippen molar-refractivity contribution in [2.24, 2.45) is 0 Å². The lowest BCUT2D eigenvalue weighted by Crippen LogP contribution is -2.29. The summed E-state index contributed by atoms with van der Waals surface area (Å²) in [5.74, 6) is 0.448. The third-order valence-electron chi connectivity index (χ3n) is 4.38. The van der Waals surface area contributed by atoms with Crippen molar-refractivity contribution in [3.05, 3.63) is 65.0 Å². The lowest BCUT2D eigenvalue weighted by atomic mass is 10.2. The van der Waals surface area contributed by atoms with E-state index in [1.807, 2.05) is 0 Å². The fourth-order valence-electron chi connectivity index (χ4n) is 2.91. The Balaban J connectivity index is 1.69.